The number of carbonyl (C=O) groups is 1. The highest BCUT2D eigenvalue weighted by Crippen LogP contribution is 2.33. The number of hydrogen-bond acceptors (Lipinski definition) is 8. The van der Waals surface area contributed by atoms with Crippen molar-refractivity contribution in [1.29, 1.82) is 0 Å². The fourth-order valence-corrected chi connectivity index (χ4v) is 5.05. The largest absolute Gasteiger partial charge is 0.454 e. The SMILES string of the molecule is CCCCCCCCS(=O)C(C)Cc1ccc2c(c1)OCO2.Cc1nc(N(C)C)nc(OC(=O)N(C)C)c1C. The van der Waals surface area contributed by atoms with Gasteiger partial charge in [-0.3, -0.25) is 4.21 Å². The van der Waals surface area contributed by atoms with E-state index in [1.54, 1.807) is 19.0 Å². The summed E-state index contributed by atoms with van der Waals surface area (Å²) in [5.41, 5.74) is 2.74. The first-order valence-electron chi connectivity index (χ1n) is 13.7. The van der Waals surface area contributed by atoms with Gasteiger partial charge in [-0.1, -0.05) is 52.0 Å². The van der Waals surface area contributed by atoms with Gasteiger partial charge < -0.3 is 24.0 Å². The van der Waals surface area contributed by atoms with Crippen LogP contribution in [-0.4, -0.2) is 71.2 Å². The minimum Gasteiger partial charge on any atom is -0.454 e. The molecule has 0 radical (unpaired) electrons. The lowest BCUT2D eigenvalue weighted by molar-refractivity contribution is 0.169. The van der Waals surface area contributed by atoms with Crippen LogP contribution in [0.3, 0.4) is 0 Å². The van der Waals surface area contributed by atoms with Crippen molar-refractivity contribution in [2.75, 3.05) is 45.6 Å². The number of carbonyl (C=O) groups excluding carboxylic acids is 1. The van der Waals surface area contributed by atoms with E-state index in [1.165, 1.54) is 42.6 Å². The van der Waals surface area contributed by atoms with E-state index in [4.69, 9.17) is 14.2 Å². The zero-order chi connectivity index (χ0) is 28.9. The van der Waals surface area contributed by atoms with E-state index in [0.717, 1.165) is 41.4 Å². The Balaban J connectivity index is 0.000000283. The van der Waals surface area contributed by atoms with Crippen molar-refractivity contribution in [2.45, 2.75) is 77.9 Å². The normalized spacial score (nSPS) is 13.2. The number of benzene rings is 1. The zero-order valence-corrected chi connectivity index (χ0v) is 25.7. The van der Waals surface area contributed by atoms with Gasteiger partial charge in [0.05, 0.1) is 0 Å². The molecule has 0 saturated carbocycles. The molecule has 1 amide bonds. The summed E-state index contributed by atoms with van der Waals surface area (Å²) in [7, 11) is 6.17. The van der Waals surface area contributed by atoms with Crippen LogP contribution in [0.25, 0.3) is 0 Å². The van der Waals surface area contributed by atoms with Gasteiger partial charge in [0.15, 0.2) is 11.5 Å². The van der Waals surface area contributed by atoms with Gasteiger partial charge in [-0.2, -0.15) is 4.98 Å². The van der Waals surface area contributed by atoms with Crippen molar-refractivity contribution in [3.63, 3.8) is 0 Å². The number of aromatic nitrogens is 2. The molecule has 2 unspecified atom stereocenters. The molecule has 1 aliphatic rings. The van der Waals surface area contributed by atoms with E-state index < -0.39 is 16.9 Å². The van der Waals surface area contributed by atoms with Crippen LogP contribution in [0.4, 0.5) is 10.7 Å². The van der Waals surface area contributed by atoms with Gasteiger partial charge in [-0.05, 0) is 44.4 Å². The molecule has 1 aliphatic heterocycles. The molecular formula is C29H46N4O5S. The molecule has 0 bridgehead atoms. The predicted octanol–water partition coefficient (Wildman–Crippen LogP) is 5.68. The Kier molecular flexibility index (Phi) is 13.5. The standard InChI is InChI=1S/C18H28O3S.C11H18N4O2/c1-3-4-5-6-7-8-11-22(19)15(2)12-16-9-10-17-18(13-16)21-14-20-17;1-7-8(2)12-10(14(3)4)13-9(7)17-11(16)15(5)6/h9-10,13,15H,3-8,11-12,14H2,1-2H3;1-6H3. The molecule has 3 rings (SSSR count). The maximum absolute atomic E-state index is 12.3. The second-order valence-electron chi connectivity index (χ2n) is 10.3. The van der Waals surface area contributed by atoms with Crippen molar-refractivity contribution < 1.29 is 23.2 Å². The lowest BCUT2D eigenvalue weighted by Crippen LogP contribution is -2.26. The number of unbranched alkanes of at least 4 members (excludes halogenated alkanes) is 5. The monoisotopic (exact) mass is 562 g/mol. The maximum atomic E-state index is 12.3. The smallest absolute Gasteiger partial charge is 0.416 e. The molecule has 218 valence electrons. The molecule has 10 heteroatoms. The summed E-state index contributed by atoms with van der Waals surface area (Å²) in [5, 5.41) is 0.191. The van der Waals surface area contributed by atoms with Crippen LogP contribution in [-0.2, 0) is 17.2 Å². The molecule has 0 fully saturated rings. The van der Waals surface area contributed by atoms with Crippen LogP contribution in [0.5, 0.6) is 17.4 Å². The number of nitrogens with zero attached hydrogens (tertiary/aromatic N) is 4. The third-order valence-electron chi connectivity index (χ3n) is 6.39. The summed E-state index contributed by atoms with van der Waals surface area (Å²) in [6.45, 7) is 8.30. The first-order valence-corrected chi connectivity index (χ1v) is 15.1. The van der Waals surface area contributed by atoms with Gasteiger partial charge in [0, 0.05) is 61.3 Å². The number of rotatable bonds is 12. The molecule has 1 aromatic carbocycles. The average Bonchev–Trinajstić information content (AvgIpc) is 3.36. The lowest BCUT2D eigenvalue weighted by Gasteiger charge is -2.16. The van der Waals surface area contributed by atoms with Crippen LogP contribution >= 0.6 is 0 Å². The van der Waals surface area contributed by atoms with Gasteiger partial charge in [0.2, 0.25) is 18.6 Å². The van der Waals surface area contributed by atoms with Gasteiger partial charge in [0.25, 0.3) is 0 Å². The van der Waals surface area contributed by atoms with Crippen LogP contribution in [0.1, 0.15) is 69.2 Å². The Hall–Kier alpha value is -2.88. The predicted molar refractivity (Wildman–Crippen MR) is 158 cm³/mol. The highest BCUT2D eigenvalue weighted by Gasteiger charge is 2.17. The van der Waals surface area contributed by atoms with E-state index in [9.17, 15) is 9.00 Å². The third kappa shape index (κ3) is 10.7. The fraction of sp³-hybridized carbons (Fsp3) is 0.621. The average molecular weight is 563 g/mol. The van der Waals surface area contributed by atoms with Gasteiger partial charge in [-0.25, -0.2) is 9.78 Å². The minimum absolute atomic E-state index is 0.191. The van der Waals surface area contributed by atoms with Gasteiger partial charge >= 0.3 is 6.09 Å². The number of amides is 1. The van der Waals surface area contributed by atoms with Gasteiger partial charge in [-0.15, -0.1) is 0 Å². The molecule has 39 heavy (non-hydrogen) atoms. The molecule has 2 heterocycles. The van der Waals surface area contributed by atoms with E-state index >= 15 is 0 Å². The Morgan fingerprint density at radius 1 is 1.03 bits per heavy atom. The molecule has 0 saturated heterocycles. The van der Waals surface area contributed by atoms with E-state index in [0.29, 0.717) is 18.6 Å². The molecule has 2 aromatic rings. The van der Waals surface area contributed by atoms with E-state index in [-0.39, 0.29) is 5.25 Å². The molecular weight excluding hydrogens is 516 g/mol. The quantitative estimate of drug-likeness (QED) is 0.305. The Labute approximate surface area is 236 Å². The van der Waals surface area contributed by atoms with Crippen LogP contribution in [0, 0.1) is 13.8 Å². The summed E-state index contributed by atoms with van der Waals surface area (Å²) >= 11 is 0. The van der Waals surface area contributed by atoms with Crippen molar-refractivity contribution in [3.05, 3.63) is 35.0 Å². The molecule has 9 nitrogen and oxygen atoms in total. The Morgan fingerprint density at radius 2 is 1.69 bits per heavy atom. The Morgan fingerprint density at radius 3 is 2.36 bits per heavy atom. The number of fused-ring (bicyclic) bond motifs is 1. The number of hydrogen-bond donors (Lipinski definition) is 0. The Bertz CT molecular complexity index is 1090. The first kappa shape index (κ1) is 32.3. The summed E-state index contributed by atoms with van der Waals surface area (Å²) in [6.07, 6.45) is 7.87. The summed E-state index contributed by atoms with van der Waals surface area (Å²) in [6, 6.07) is 6.01. The highest BCUT2D eigenvalue weighted by atomic mass is 32.2. The third-order valence-corrected chi connectivity index (χ3v) is 8.15. The van der Waals surface area contributed by atoms with Gasteiger partial charge in [0.1, 0.15) is 0 Å². The molecule has 1 aromatic heterocycles. The van der Waals surface area contributed by atoms with Crippen molar-refractivity contribution in [2.24, 2.45) is 0 Å². The molecule has 0 aliphatic carbocycles. The van der Waals surface area contributed by atoms with Crippen LogP contribution < -0.4 is 19.1 Å². The molecule has 0 N–H and O–H groups in total. The molecule has 0 spiro atoms. The van der Waals surface area contributed by atoms with Crippen molar-refractivity contribution >= 4 is 22.8 Å². The van der Waals surface area contributed by atoms with E-state index in [2.05, 4.69) is 23.8 Å². The number of ether oxygens (including phenoxy) is 3. The van der Waals surface area contributed by atoms with Crippen LogP contribution in [0.15, 0.2) is 18.2 Å². The minimum atomic E-state index is -0.743. The lowest BCUT2D eigenvalue weighted by atomic mass is 10.1. The van der Waals surface area contributed by atoms with Crippen molar-refractivity contribution in [1.82, 2.24) is 14.9 Å². The summed E-state index contributed by atoms with van der Waals surface area (Å²) in [4.78, 5) is 23.1. The maximum Gasteiger partial charge on any atom is 0.416 e. The topological polar surface area (TPSA) is 94.1 Å². The molecule has 2 atom stereocenters. The van der Waals surface area contributed by atoms with Crippen LogP contribution in [0.2, 0.25) is 0 Å². The second-order valence-corrected chi connectivity index (χ2v) is 12.2. The first-order chi connectivity index (χ1) is 18.5. The fourth-order valence-electron chi connectivity index (χ4n) is 3.78. The van der Waals surface area contributed by atoms with Crippen molar-refractivity contribution in [3.8, 4) is 17.4 Å². The zero-order valence-electron chi connectivity index (χ0n) is 24.9. The number of aryl methyl sites for hydroxylation is 1. The van der Waals surface area contributed by atoms with E-state index in [1.807, 2.05) is 46.1 Å². The number of anilines is 1. The summed E-state index contributed by atoms with van der Waals surface area (Å²) < 4.78 is 28.2. The highest BCUT2D eigenvalue weighted by molar-refractivity contribution is 7.85. The summed E-state index contributed by atoms with van der Waals surface area (Å²) in [5.74, 6) is 3.28. The second kappa shape index (κ2) is 16.3.